The van der Waals surface area contributed by atoms with Crippen LogP contribution >= 0.6 is 35.3 Å². The number of aromatic nitrogens is 2. The summed E-state index contributed by atoms with van der Waals surface area (Å²) in [5.41, 5.74) is 1.39. The number of nitrogens with one attached hydrogen (secondary N) is 1. The Morgan fingerprint density at radius 3 is 2.65 bits per heavy atom. The number of thiophene rings is 1. The predicted octanol–water partition coefficient (Wildman–Crippen LogP) is 4.65. The van der Waals surface area contributed by atoms with E-state index in [1.807, 2.05) is 5.38 Å². The monoisotopic (exact) mass is 407 g/mol. The van der Waals surface area contributed by atoms with E-state index in [9.17, 15) is 9.18 Å². The number of nitrogens with zero attached hydrogens (tertiary/aromatic N) is 2. The molecule has 0 fully saturated rings. The highest BCUT2D eigenvalue weighted by atomic mass is 32.2. The molecule has 3 rings (SSSR count). The molecule has 8 heteroatoms. The Morgan fingerprint density at radius 1 is 1.31 bits per heavy atom. The molecule has 0 unspecified atom stereocenters. The molecule has 4 nitrogen and oxygen atoms in total. The zero-order chi connectivity index (χ0) is 18.7. The van der Waals surface area contributed by atoms with Crippen molar-refractivity contribution in [1.82, 2.24) is 14.9 Å². The molecule has 0 aliphatic heterocycles. The van der Waals surface area contributed by atoms with Crippen molar-refractivity contribution in [1.29, 1.82) is 0 Å². The Morgan fingerprint density at radius 2 is 2.00 bits per heavy atom. The van der Waals surface area contributed by atoms with Gasteiger partial charge in [0.05, 0.1) is 11.1 Å². The van der Waals surface area contributed by atoms with Gasteiger partial charge in [-0.15, -0.1) is 11.3 Å². The zero-order valence-corrected chi connectivity index (χ0v) is 16.9. The largest absolute Gasteiger partial charge is 0.358 e. The lowest BCUT2D eigenvalue weighted by atomic mass is 10.1. The van der Waals surface area contributed by atoms with Gasteiger partial charge in [0.1, 0.15) is 20.8 Å². The third-order valence-corrected chi connectivity index (χ3v) is 6.41. The van der Waals surface area contributed by atoms with Crippen molar-refractivity contribution >= 4 is 49.9 Å². The van der Waals surface area contributed by atoms with Crippen LogP contribution in [0.1, 0.15) is 19.7 Å². The second kappa shape index (κ2) is 8.28. The lowest BCUT2D eigenvalue weighted by molar-refractivity contribution is 0.482. The molecule has 0 aliphatic rings. The van der Waals surface area contributed by atoms with Gasteiger partial charge in [-0.05, 0) is 31.5 Å². The summed E-state index contributed by atoms with van der Waals surface area (Å²) in [5.74, 6) is 0.822. The van der Waals surface area contributed by atoms with Gasteiger partial charge in [0, 0.05) is 24.0 Å². The van der Waals surface area contributed by atoms with Crippen LogP contribution in [0.3, 0.4) is 0 Å². The van der Waals surface area contributed by atoms with Crippen LogP contribution in [0, 0.1) is 5.82 Å². The quantitative estimate of drug-likeness (QED) is 0.624. The average Bonchev–Trinajstić information content (AvgIpc) is 3.06. The molecule has 1 aromatic carbocycles. The molecule has 0 saturated carbocycles. The molecule has 0 bridgehead atoms. The van der Waals surface area contributed by atoms with Crippen LogP contribution in [0.4, 0.5) is 4.39 Å². The number of thioether (sulfide) groups is 1. The van der Waals surface area contributed by atoms with E-state index in [2.05, 4.69) is 28.7 Å². The molecule has 0 aliphatic carbocycles. The highest BCUT2D eigenvalue weighted by Gasteiger charge is 2.14. The minimum absolute atomic E-state index is 0.181. The molecule has 26 heavy (non-hydrogen) atoms. The lowest BCUT2D eigenvalue weighted by Gasteiger charge is -2.20. The van der Waals surface area contributed by atoms with Crippen LogP contribution in [-0.4, -0.2) is 32.3 Å². The Hall–Kier alpha value is -1.77. The molecule has 2 heterocycles. The first-order valence-electron chi connectivity index (χ1n) is 8.21. The zero-order valence-electron chi connectivity index (χ0n) is 14.4. The van der Waals surface area contributed by atoms with Gasteiger partial charge < -0.3 is 9.88 Å². The average molecular weight is 408 g/mol. The summed E-state index contributed by atoms with van der Waals surface area (Å²) in [6, 6.07) is 6.12. The van der Waals surface area contributed by atoms with Crippen LogP contribution in [0.5, 0.6) is 0 Å². The number of H-pyrrole nitrogens is 1. The summed E-state index contributed by atoms with van der Waals surface area (Å²) in [4.78, 5) is 22.8. The minimum Gasteiger partial charge on any atom is -0.358 e. The summed E-state index contributed by atoms with van der Waals surface area (Å²) in [5, 5.41) is 2.43. The predicted molar refractivity (Wildman–Crippen MR) is 112 cm³/mol. The number of hydrogen-bond donors (Lipinski definition) is 1. The van der Waals surface area contributed by atoms with Crippen molar-refractivity contribution in [3.05, 3.63) is 51.6 Å². The van der Waals surface area contributed by atoms with Crippen molar-refractivity contribution in [3.63, 3.8) is 0 Å². The van der Waals surface area contributed by atoms with E-state index >= 15 is 0 Å². The fourth-order valence-corrected chi connectivity index (χ4v) is 4.85. The summed E-state index contributed by atoms with van der Waals surface area (Å²) in [6.07, 6.45) is 0. The van der Waals surface area contributed by atoms with Crippen LogP contribution in [0.15, 0.2) is 34.4 Å². The smallest absolute Gasteiger partial charge is 0.260 e. The lowest BCUT2D eigenvalue weighted by Crippen LogP contribution is -2.26. The Kier molecular flexibility index (Phi) is 6.05. The summed E-state index contributed by atoms with van der Waals surface area (Å²) in [6.45, 7) is 5.84. The molecule has 0 spiro atoms. The second-order valence-electron chi connectivity index (χ2n) is 5.58. The van der Waals surface area contributed by atoms with Crippen LogP contribution in [0.25, 0.3) is 21.3 Å². The number of hydrogen-bond acceptors (Lipinski definition) is 5. The van der Waals surface area contributed by atoms with E-state index in [1.165, 1.54) is 35.2 Å². The number of benzene rings is 1. The van der Waals surface area contributed by atoms with Gasteiger partial charge >= 0.3 is 0 Å². The fraction of sp³-hybridized carbons (Fsp3) is 0.278. The normalized spacial score (nSPS) is 11.0. The van der Waals surface area contributed by atoms with E-state index in [-0.39, 0.29) is 11.4 Å². The summed E-state index contributed by atoms with van der Waals surface area (Å²) >= 11 is 8.33. The highest BCUT2D eigenvalue weighted by molar-refractivity contribution is 8.22. The third kappa shape index (κ3) is 3.97. The van der Waals surface area contributed by atoms with Gasteiger partial charge in [0.15, 0.2) is 0 Å². The number of rotatable bonds is 5. The van der Waals surface area contributed by atoms with E-state index in [0.717, 1.165) is 28.5 Å². The van der Waals surface area contributed by atoms with Gasteiger partial charge in [0.2, 0.25) is 0 Å². The van der Waals surface area contributed by atoms with Crippen LogP contribution < -0.4 is 5.56 Å². The molecule has 2 aromatic heterocycles. The molecule has 0 saturated heterocycles. The Bertz CT molecular complexity index is 978. The fourth-order valence-electron chi connectivity index (χ4n) is 2.61. The maximum atomic E-state index is 13.1. The molecule has 0 radical (unpaired) electrons. The molecular weight excluding hydrogens is 389 g/mol. The van der Waals surface area contributed by atoms with E-state index in [1.54, 1.807) is 12.1 Å². The van der Waals surface area contributed by atoms with Crippen LogP contribution in [-0.2, 0) is 5.75 Å². The molecule has 0 atom stereocenters. The summed E-state index contributed by atoms with van der Waals surface area (Å²) < 4.78 is 13.9. The number of thiocarbonyl (C=S) groups is 1. The van der Waals surface area contributed by atoms with Crippen molar-refractivity contribution in [2.45, 2.75) is 19.6 Å². The van der Waals surface area contributed by atoms with Crippen molar-refractivity contribution in [2.75, 3.05) is 13.1 Å². The highest BCUT2D eigenvalue weighted by Crippen LogP contribution is 2.31. The molecular formula is C18H18FN3OS3. The maximum Gasteiger partial charge on any atom is 0.260 e. The number of aromatic amines is 1. The number of fused-ring (bicyclic) bond motifs is 1. The van der Waals surface area contributed by atoms with Gasteiger partial charge in [-0.1, -0.05) is 36.1 Å². The first-order valence-corrected chi connectivity index (χ1v) is 10.5. The first kappa shape index (κ1) is 19.0. The minimum atomic E-state index is -0.302. The van der Waals surface area contributed by atoms with E-state index in [0.29, 0.717) is 21.8 Å². The van der Waals surface area contributed by atoms with Crippen molar-refractivity contribution in [3.8, 4) is 11.1 Å². The first-order chi connectivity index (χ1) is 12.5. The van der Waals surface area contributed by atoms with Crippen LogP contribution in [0.2, 0.25) is 0 Å². The SMILES string of the molecule is CCN(CC)C(=S)SCc1nc2scc(-c3ccc(F)cc3)c2c(=O)[nH]1. The van der Waals surface area contributed by atoms with Crippen molar-refractivity contribution < 1.29 is 4.39 Å². The van der Waals surface area contributed by atoms with Crippen molar-refractivity contribution in [2.24, 2.45) is 0 Å². The molecule has 136 valence electrons. The Labute approximate surface area is 164 Å². The molecule has 0 amide bonds. The van der Waals surface area contributed by atoms with Gasteiger partial charge in [-0.2, -0.15) is 0 Å². The van der Waals surface area contributed by atoms with Gasteiger partial charge in [-0.25, -0.2) is 9.37 Å². The van der Waals surface area contributed by atoms with E-state index < -0.39 is 0 Å². The van der Waals surface area contributed by atoms with Gasteiger partial charge in [0.25, 0.3) is 5.56 Å². The molecule has 3 aromatic rings. The summed E-state index contributed by atoms with van der Waals surface area (Å²) in [7, 11) is 0. The number of halogens is 1. The third-order valence-electron chi connectivity index (χ3n) is 4.00. The molecule has 1 N–H and O–H groups in total. The second-order valence-corrected chi connectivity index (χ2v) is 8.04. The Balaban J connectivity index is 1.87. The topological polar surface area (TPSA) is 49.0 Å². The van der Waals surface area contributed by atoms with E-state index in [4.69, 9.17) is 12.2 Å². The standard InChI is InChI=1S/C18H18FN3OS3/c1-3-22(4-2)18(24)26-10-14-20-16(23)15-13(9-25-17(15)21-14)11-5-7-12(19)8-6-11/h5-9H,3-4,10H2,1-2H3,(H,20,21,23). The maximum absolute atomic E-state index is 13.1. The van der Waals surface area contributed by atoms with Gasteiger partial charge in [-0.3, -0.25) is 4.79 Å².